The van der Waals surface area contributed by atoms with Gasteiger partial charge in [-0.05, 0) is 6.72 Å². The molecular weight excluding hydrogens is 99.0 g/mol. The highest BCUT2D eigenvalue weighted by atomic mass is 31.2. The third-order valence-corrected chi connectivity index (χ3v) is 0.842. The lowest BCUT2D eigenvalue weighted by atomic mass is 11.8. The SMILES string of the molecule is C=NP(C)(N)=O. The molecule has 0 saturated heterocycles. The molecule has 0 heterocycles. The first-order chi connectivity index (χ1) is 2.56. The quantitative estimate of drug-likeness (QED) is 0.390. The summed E-state index contributed by atoms with van der Waals surface area (Å²) < 4.78 is 13.2. The molecule has 0 saturated carbocycles. The largest absolute Gasteiger partial charge is 0.281 e. The third kappa shape index (κ3) is 3.86. The first-order valence-corrected chi connectivity index (χ1v) is 3.58. The van der Waals surface area contributed by atoms with Gasteiger partial charge in [-0.25, -0.2) is 4.76 Å². The second-order valence-corrected chi connectivity index (χ2v) is 3.25. The maximum atomic E-state index is 10.1. The minimum Gasteiger partial charge on any atom is -0.281 e. The zero-order valence-corrected chi connectivity index (χ0v) is 4.48. The van der Waals surface area contributed by atoms with Gasteiger partial charge in [-0.1, -0.05) is 0 Å². The van der Waals surface area contributed by atoms with Crippen molar-refractivity contribution in [1.82, 2.24) is 0 Å². The summed E-state index contributed by atoms with van der Waals surface area (Å²) in [5.41, 5.74) is 4.86. The summed E-state index contributed by atoms with van der Waals surface area (Å²) in [5, 5.41) is 0. The molecule has 6 heavy (non-hydrogen) atoms. The van der Waals surface area contributed by atoms with Crippen LogP contribution in [0.3, 0.4) is 0 Å². The van der Waals surface area contributed by atoms with Crippen LogP contribution in [0, 0.1) is 0 Å². The fourth-order valence-electron chi connectivity index (χ4n) is 0. The van der Waals surface area contributed by atoms with Gasteiger partial charge in [-0.15, -0.1) is 0 Å². The maximum absolute atomic E-state index is 10.1. The lowest BCUT2D eigenvalue weighted by Crippen LogP contribution is -1.84. The van der Waals surface area contributed by atoms with Gasteiger partial charge in [0.15, 0.2) is 0 Å². The minimum atomic E-state index is -2.63. The zero-order chi connectivity index (χ0) is 5.21. The molecule has 36 valence electrons. The number of rotatable bonds is 1. The predicted molar refractivity (Wildman–Crippen MR) is 27.3 cm³/mol. The van der Waals surface area contributed by atoms with Crippen molar-refractivity contribution in [3.05, 3.63) is 0 Å². The topological polar surface area (TPSA) is 55.4 Å². The van der Waals surface area contributed by atoms with Crippen molar-refractivity contribution >= 4 is 14.2 Å². The van der Waals surface area contributed by atoms with Crippen LogP contribution >= 0.6 is 7.44 Å². The van der Waals surface area contributed by atoms with Crippen LogP contribution in [0.4, 0.5) is 0 Å². The molecule has 0 rings (SSSR count). The van der Waals surface area contributed by atoms with Crippen molar-refractivity contribution in [3.8, 4) is 0 Å². The minimum absolute atomic E-state index is 1.35. The highest BCUT2D eigenvalue weighted by Gasteiger charge is 1.96. The Kier molecular flexibility index (Phi) is 1.50. The fraction of sp³-hybridized carbons (Fsp3) is 0.500. The van der Waals surface area contributed by atoms with Crippen LogP contribution in [-0.4, -0.2) is 13.4 Å². The van der Waals surface area contributed by atoms with E-state index >= 15 is 0 Å². The average Bonchev–Trinajstić information content (AvgIpc) is 1.35. The highest BCUT2D eigenvalue weighted by molar-refractivity contribution is 7.59. The molecule has 0 radical (unpaired) electrons. The second-order valence-electron chi connectivity index (χ2n) is 1.08. The molecule has 0 aromatic heterocycles. The van der Waals surface area contributed by atoms with Crippen LogP contribution in [0.2, 0.25) is 0 Å². The Hall–Kier alpha value is -0.140. The molecule has 0 aliphatic carbocycles. The van der Waals surface area contributed by atoms with Crippen molar-refractivity contribution in [2.75, 3.05) is 6.66 Å². The summed E-state index contributed by atoms with van der Waals surface area (Å²) in [6.45, 7) is 4.34. The van der Waals surface area contributed by atoms with Gasteiger partial charge >= 0.3 is 0 Å². The molecule has 0 aromatic rings. The van der Waals surface area contributed by atoms with Crippen LogP contribution in [0.25, 0.3) is 0 Å². The average molecular weight is 106 g/mol. The summed E-state index contributed by atoms with van der Waals surface area (Å²) in [4.78, 5) is 0. The van der Waals surface area contributed by atoms with Crippen LogP contribution in [0.5, 0.6) is 0 Å². The van der Waals surface area contributed by atoms with Crippen LogP contribution in [0.15, 0.2) is 4.76 Å². The third-order valence-electron chi connectivity index (χ3n) is 0.281. The molecule has 4 heteroatoms. The van der Waals surface area contributed by atoms with Gasteiger partial charge in [0.1, 0.15) is 0 Å². The summed E-state index contributed by atoms with van der Waals surface area (Å²) in [6, 6.07) is 0. The maximum Gasteiger partial charge on any atom is 0.248 e. The molecule has 0 aliphatic rings. The summed E-state index contributed by atoms with van der Waals surface area (Å²) in [6.07, 6.45) is 0. The number of hydrogen-bond acceptors (Lipinski definition) is 1. The van der Waals surface area contributed by atoms with E-state index in [1.165, 1.54) is 6.66 Å². The van der Waals surface area contributed by atoms with Crippen molar-refractivity contribution < 1.29 is 4.57 Å². The molecule has 1 atom stereocenters. The Balaban J connectivity index is 3.81. The van der Waals surface area contributed by atoms with Gasteiger partial charge in [0.05, 0.1) is 0 Å². The van der Waals surface area contributed by atoms with Crippen molar-refractivity contribution in [2.24, 2.45) is 10.3 Å². The zero-order valence-electron chi connectivity index (χ0n) is 3.59. The van der Waals surface area contributed by atoms with E-state index in [1.54, 1.807) is 0 Å². The van der Waals surface area contributed by atoms with E-state index < -0.39 is 7.44 Å². The first-order valence-electron chi connectivity index (χ1n) is 1.40. The Bertz CT molecular complexity index is 93.7. The van der Waals surface area contributed by atoms with Crippen molar-refractivity contribution in [3.63, 3.8) is 0 Å². The molecule has 0 bridgehead atoms. The summed E-state index contributed by atoms with van der Waals surface area (Å²) in [7, 11) is -2.63. The van der Waals surface area contributed by atoms with Gasteiger partial charge in [0.25, 0.3) is 0 Å². The predicted octanol–water partition coefficient (Wildman–Crippen LogP) is 0.469. The van der Waals surface area contributed by atoms with E-state index in [-0.39, 0.29) is 0 Å². The van der Waals surface area contributed by atoms with Crippen molar-refractivity contribution in [1.29, 1.82) is 0 Å². The van der Waals surface area contributed by atoms with Crippen LogP contribution in [0.1, 0.15) is 0 Å². The number of hydrogen-bond donors (Lipinski definition) is 1. The normalized spacial score (nSPS) is 19.0. The first kappa shape index (κ1) is 5.86. The molecule has 0 amide bonds. The Morgan fingerprint density at radius 1 is 2.00 bits per heavy atom. The standard InChI is InChI=1S/C2H7N2OP/c1-4-6(2,3)5/h1H2,2H3,(H2,3,5). The van der Waals surface area contributed by atoms with E-state index in [1.807, 2.05) is 0 Å². The Morgan fingerprint density at radius 2 is 2.17 bits per heavy atom. The molecule has 3 nitrogen and oxygen atoms in total. The van der Waals surface area contributed by atoms with Crippen LogP contribution < -0.4 is 5.50 Å². The Labute approximate surface area is 36.7 Å². The smallest absolute Gasteiger partial charge is 0.248 e. The lowest BCUT2D eigenvalue weighted by molar-refractivity contribution is 0.581. The second kappa shape index (κ2) is 1.54. The van der Waals surface area contributed by atoms with E-state index in [4.69, 9.17) is 5.50 Å². The lowest BCUT2D eigenvalue weighted by Gasteiger charge is -1.90. The van der Waals surface area contributed by atoms with E-state index in [9.17, 15) is 4.57 Å². The number of nitrogens with two attached hydrogens (primary N) is 1. The van der Waals surface area contributed by atoms with E-state index in [0.717, 1.165) is 0 Å². The molecule has 0 aromatic carbocycles. The van der Waals surface area contributed by atoms with Gasteiger partial charge in [-0.2, -0.15) is 0 Å². The summed E-state index contributed by atoms with van der Waals surface area (Å²) >= 11 is 0. The highest BCUT2D eigenvalue weighted by Crippen LogP contribution is 2.29. The molecule has 2 N–H and O–H groups in total. The van der Waals surface area contributed by atoms with E-state index in [2.05, 4.69) is 11.5 Å². The van der Waals surface area contributed by atoms with Crippen LogP contribution in [-0.2, 0) is 4.57 Å². The van der Waals surface area contributed by atoms with Crippen molar-refractivity contribution in [2.45, 2.75) is 0 Å². The molecule has 0 spiro atoms. The Morgan fingerprint density at radius 3 is 2.17 bits per heavy atom. The fourth-order valence-corrected chi connectivity index (χ4v) is 0. The molecule has 0 aliphatic heterocycles. The molecular formula is C2H7N2OP. The summed E-state index contributed by atoms with van der Waals surface area (Å²) in [5.74, 6) is 0. The molecule has 1 unspecified atom stereocenters. The van der Waals surface area contributed by atoms with Gasteiger partial charge < -0.3 is 0 Å². The van der Waals surface area contributed by atoms with E-state index in [0.29, 0.717) is 0 Å². The van der Waals surface area contributed by atoms with Gasteiger partial charge in [0, 0.05) is 6.66 Å². The van der Waals surface area contributed by atoms with Gasteiger partial charge in [0.2, 0.25) is 7.44 Å². The monoisotopic (exact) mass is 106 g/mol. The number of nitrogens with zero attached hydrogens (tertiary/aromatic N) is 1. The molecule has 0 fully saturated rings. The van der Waals surface area contributed by atoms with Gasteiger partial charge in [-0.3, -0.25) is 10.1 Å².